The summed E-state index contributed by atoms with van der Waals surface area (Å²) in [5.74, 6) is -0.520. The molecule has 6 fully saturated rings. The van der Waals surface area contributed by atoms with Gasteiger partial charge in [-0.1, -0.05) is 32.0 Å². The van der Waals surface area contributed by atoms with Crippen LogP contribution in [0, 0.1) is 40.4 Å². The summed E-state index contributed by atoms with van der Waals surface area (Å²) in [4.78, 5) is 13.5. The molecule has 1 aromatic rings. The Morgan fingerprint density at radius 2 is 1.59 bits per heavy atom. The van der Waals surface area contributed by atoms with Gasteiger partial charge in [-0.2, -0.15) is 0 Å². The Hall–Kier alpha value is -1.51. The summed E-state index contributed by atoms with van der Waals surface area (Å²) in [5.41, 5.74) is 0.353. The highest BCUT2D eigenvalue weighted by atomic mass is 16.7. The van der Waals surface area contributed by atoms with Gasteiger partial charge in [0.1, 0.15) is 6.10 Å². The second-order valence-corrected chi connectivity index (χ2v) is 13.9. The fourth-order valence-electron chi connectivity index (χ4n) is 10.5. The minimum absolute atomic E-state index is 0.0543. The fourth-order valence-corrected chi connectivity index (χ4v) is 10.5. The average molecular weight is 541 g/mol. The molecular formula is C32H44O7. The van der Waals surface area contributed by atoms with Crippen LogP contribution in [-0.4, -0.2) is 61.3 Å². The number of carbonyl (C=O) groups is 1. The highest BCUT2D eigenvalue weighted by Crippen LogP contribution is 2.70. The Kier molecular flexibility index (Phi) is 6.26. The molecule has 0 radical (unpaired) electrons. The van der Waals surface area contributed by atoms with E-state index < -0.39 is 17.7 Å². The van der Waals surface area contributed by atoms with E-state index in [0.29, 0.717) is 37.9 Å². The van der Waals surface area contributed by atoms with Crippen LogP contribution in [0.1, 0.15) is 76.1 Å². The maximum Gasteiger partial charge on any atom is 0.338 e. The molecule has 1 N–H and O–H groups in total. The van der Waals surface area contributed by atoms with Crippen LogP contribution in [0.2, 0.25) is 0 Å². The molecular weight excluding hydrogens is 496 g/mol. The first-order chi connectivity index (χ1) is 18.7. The molecule has 7 rings (SSSR count). The standard InChI is InChI=1S/C32H44O7/c1-29-11-12-32(37-15-16-38-32)18-21(29)17-24(39-28(34)20-7-5-4-6-8-20)26-22-9-10-25(31(3)35-13-14-36-31)30(22,2)19-23(33)27(26)29/h4-8,21-27,33H,9-19H2,1-3H3/t21-,22?,23-,24-,25?,26?,27?,29+,30+/m1/s1. The number of fused-ring (bicyclic) bond motifs is 5. The molecule has 0 amide bonds. The zero-order valence-corrected chi connectivity index (χ0v) is 23.6. The maximum absolute atomic E-state index is 13.5. The molecule has 2 saturated heterocycles. The van der Waals surface area contributed by atoms with E-state index in [4.69, 9.17) is 23.7 Å². The number of esters is 1. The Morgan fingerprint density at radius 1 is 0.897 bits per heavy atom. The van der Waals surface area contributed by atoms with Gasteiger partial charge in [0, 0.05) is 24.7 Å². The minimum Gasteiger partial charge on any atom is -0.458 e. The first-order valence-electron chi connectivity index (χ1n) is 15.2. The van der Waals surface area contributed by atoms with Gasteiger partial charge in [0.05, 0.1) is 38.1 Å². The van der Waals surface area contributed by atoms with Crippen molar-refractivity contribution in [2.75, 3.05) is 26.4 Å². The molecule has 2 aliphatic heterocycles. The molecule has 9 atom stereocenters. The van der Waals surface area contributed by atoms with Crippen LogP contribution in [0.5, 0.6) is 0 Å². The van der Waals surface area contributed by atoms with Crippen molar-refractivity contribution in [3.63, 3.8) is 0 Å². The SMILES string of the molecule is CC1(C2CCC3C4C([C@H](O)C[C@@]32C)[C@@]2(C)CCC3(C[C@H]2C[C@H]4OC(=O)c2ccccc2)OCCO3)OCCO1. The number of hydrogen-bond acceptors (Lipinski definition) is 7. The Bertz CT molecular complexity index is 1080. The molecule has 39 heavy (non-hydrogen) atoms. The third kappa shape index (κ3) is 3.98. The molecule has 1 aromatic carbocycles. The molecule has 1 spiro atoms. The fraction of sp³-hybridized carbons (Fsp3) is 0.781. The predicted octanol–water partition coefficient (Wildman–Crippen LogP) is 4.96. The van der Waals surface area contributed by atoms with Crippen LogP contribution >= 0.6 is 0 Å². The van der Waals surface area contributed by atoms with Crippen molar-refractivity contribution in [2.24, 2.45) is 40.4 Å². The van der Waals surface area contributed by atoms with Gasteiger partial charge in [-0.15, -0.1) is 0 Å². The van der Waals surface area contributed by atoms with Crippen molar-refractivity contribution < 1.29 is 33.6 Å². The summed E-state index contributed by atoms with van der Waals surface area (Å²) in [7, 11) is 0. The zero-order chi connectivity index (χ0) is 27.0. The zero-order valence-electron chi connectivity index (χ0n) is 23.6. The van der Waals surface area contributed by atoms with Crippen LogP contribution in [0.15, 0.2) is 30.3 Å². The number of rotatable bonds is 3. The topological polar surface area (TPSA) is 83.5 Å². The first kappa shape index (κ1) is 26.4. The molecule has 4 saturated carbocycles. The Morgan fingerprint density at radius 3 is 2.31 bits per heavy atom. The van der Waals surface area contributed by atoms with Crippen molar-refractivity contribution in [3.8, 4) is 0 Å². The van der Waals surface area contributed by atoms with E-state index in [-0.39, 0.29) is 46.6 Å². The lowest BCUT2D eigenvalue weighted by Gasteiger charge is -2.64. The normalized spacial score (nSPS) is 45.9. The van der Waals surface area contributed by atoms with Crippen molar-refractivity contribution in [3.05, 3.63) is 35.9 Å². The number of aliphatic hydroxyl groups is 1. The van der Waals surface area contributed by atoms with Crippen molar-refractivity contribution in [2.45, 2.75) is 89.5 Å². The van der Waals surface area contributed by atoms with Gasteiger partial charge in [0.2, 0.25) is 0 Å². The van der Waals surface area contributed by atoms with Crippen LogP contribution < -0.4 is 0 Å². The molecule has 214 valence electrons. The van der Waals surface area contributed by atoms with E-state index in [1.165, 1.54) is 0 Å². The third-order valence-corrected chi connectivity index (χ3v) is 12.2. The van der Waals surface area contributed by atoms with E-state index in [2.05, 4.69) is 20.8 Å². The van der Waals surface area contributed by atoms with Gasteiger partial charge >= 0.3 is 5.97 Å². The second-order valence-electron chi connectivity index (χ2n) is 13.9. The number of carbonyl (C=O) groups excluding carboxylic acids is 1. The lowest BCUT2D eigenvalue weighted by molar-refractivity contribution is -0.268. The van der Waals surface area contributed by atoms with E-state index in [9.17, 15) is 9.90 Å². The van der Waals surface area contributed by atoms with Crippen molar-refractivity contribution in [1.82, 2.24) is 0 Å². The molecule has 4 aliphatic carbocycles. The molecule has 7 heteroatoms. The number of hydrogen-bond donors (Lipinski definition) is 1. The van der Waals surface area contributed by atoms with Crippen LogP contribution in [0.4, 0.5) is 0 Å². The van der Waals surface area contributed by atoms with Crippen LogP contribution in [0.25, 0.3) is 0 Å². The number of ether oxygens (including phenoxy) is 5. The lowest BCUT2D eigenvalue weighted by atomic mass is 9.42. The predicted molar refractivity (Wildman–Crippen MR) is 143 cm³/mol. The van der Waals surface area contributed by atoms with Crippen LogP contribution in [-0.2, 0) is 23.7 Å². The van der Waals surface area contributed by atoms with Crippen molar-refractivity contribution >= 4 is 5.97 Å². The smallest absolute Gasteiger partial charge is 0.338 e. The third-order valence-electron chi connectivity index (χ3n) is 12.2. The molecule has 0 aromatic heterocycles. The van der Waals surface area contributed by atoms with Gasteiger partial charge in [-0.25, -0.2) is 4.79 Å². The Labute approximate surface area is 231 Å². The summed E-state index contributed by atoms with van der Waals surface area (Å²) in [6.45, 7) is 9.31. The van der Waals surface area contributed by atoms with E-state index in [0.717, 1.165) is 44.9 Å². The summed E-state index contributed by atoms with van der Waals surface area (Å²) >= 11 is 0. The summed E-state index contributed by atoms with van der Waals surface area (Å²) in [6, 6.07) is 9.31. The summed E-state index contributed by atoms with van der Waals surface area (Å²) in [6.07, 6.45) is 5.39. The Balaban J connectivity index is 1.26. The highest BCUT2D eigenvalue weighted by Gasteiger charge is 2.69. The van der Waals surface area contributed by atoms with Gasteiger partial charge in [-0.05, 0) is 79.7 Å². The van der Waals surface area contributed by atoms with Gasteiger partial charge < -0.3 is 28.8 Å². The largest absolute Gasteiger partial charge is 0.458 e. The number of aliphatic hydroxyl groups excluding tert-OH is 1. The van der Waals surface area contributed by atoms with E-state index in [1.54, 1.807) is 0 Å². The first-order valence-corrected chi connectivity index (χ1v) is 15.2. The average Bonchev–Trinajstić information content (AvgIpc) is 3.64. The molecule has 0 bridgehead atoms. The lowest BCUT2D eigenvalue weighted by Crippen LogP contribution is -2.65. The van der Waals surface area contributed by atoms with Gasteiger partial charge in [0.25, 0.3) is 0 Å². The monoisotopic (exact) mass is 540 g/mol. The summed E-state index contributed by atoms with van der Waals surface area (Å²) < 4.78 is 31.2. The molecule has 6 aliphatic rings. The molecule has 4 unspecified atom stereocenters. The molecule has 2 heterocycles. The van der Waals surface area contributed by atoms with Crippen molar-refractivity contribution in [1.29, 1.82) is 0 Å². The summed E-state index contributed by atoms with van der Waals surface area (Å²) in [5, 5.41) is 12.1. The quantitative estimate of drug-likeness (QED) is 0.543. The second kappa shape index (κ2) is 9.25. The molecule has 7 nitrogen and oxygen atoms in total. The number of benzene rings is 1. The minimum atomic E-state index is -0.623. The van der Waals surface area contributed by atoms with Crippen LogP contribution in [0.3, 0.4) is 0 Å². The van der Waals surface area contributed by atoms with E-state index >= 15 is 0 Å². The van der Waals surface area contributed by atoms with Gasteiger partial charge in [0.15, 0.2) is 11.6 Å². The van der Waals surface area contributed by atoms with E-state index in [1.807, 2.05) is 30.3 Å². The maximum atomic E-state index is 13.5. The highest BCUT2D eigenvalue weighted by molar-refractivity contribution is 5.89. The van der Waals surface area contributed by atoms with Gasteiger partial charge in [-0.3, -0.25) is 0 Å².